The van der Waals surface area contributed by atoms with Crippen LogP contribution in [0.1, 0.15) is 39.3 Å². The van der Waals surface area contributed by atoms with E-state index in [2.05, 4.69) is 5.32 Å². The summed E-state index contributed by atoms with van der Waals surface area (Å²) in [6, 6.07) is 1.93. The molecule has 6 heteroatoms. The van der Waals surface area contributed by atoms with Crippen molar-refractivity contribution in [2.75, 3.05) is 13.1 Å². The molecule has 0 bridgehead atoms. The summed E-state index contributed by atoms with van der Waals surface area (Å²) in [5.74, 6) is 0. The van der Waals surface area contributed by atoms with Gasteiger partial charge in [0.05, 0.1) is 0 Å². The lowest BCUT2D eigenvalue weighted by Crippen LogP contribution is -2.33. The van der Waals surface area contributed by atoms with Crippen molar-refractivity contribution < 1.29 is 8.42 Å². The van der Waals surface area contributed by atoms with Gasteiger partial charge in [0.2, 0.25) is 10.0 Å². The van der Waals surface area contributed by atoms with Crippen LogP contribution < -0.4 is 5.32 Å². The van der Waals surface area contributed by atoms with E-state index in [1.54, 1.807) is 10.5 Å². The Balaban J connectivity index is 2.29. The van der Waals surface area contributed by atoms with Gasteiger partial charge in [0, 0.05) is 37.6 Å². The zero-order valence-corrected chi connectivity index (χ0v) is 13.4. The van der Waals surface area contributed by atoms with Crippen LogP contribution in [0.5, 0.6) is 0 Å². The van der Waals surface area contributed by atoms with Crippen molar-refractivity contribution in [2.45, 2.75) is 57.6 Å². The maximum absolute atomic E-state index is 12.7. The second kappa shape index (κ2) is 6.28. The molecule has 1 atom stereocenters. The van der Waals surface area contributed by atoms with Gasteiger partial charge in [0.15, 0.2) is 0 Å². The number of aryl methyl sites for hydroxylation is 1. The van der Waals surface area contributed by atoms with Crippen LogP contribution in [0.15, 0.2) is 17.2 Å². The molecule has 0 amide bonds. The molecule has 1 saturated heterocycles. The van der Waals surface area contributed by atoms with Crippen LogP contribution in [0.3, 0.4) is 0 Å². The topological polar surface area (TPSA) is 54.3 Å². The van der Waals surface area contributed by atoms with Crippen LogP contribution in [-0.4, -0.2) is 36.4 Å². The van der Waals surface area contributed by atoms with Gasteiger partial charge in [-0.3, -0.25) is 0 Å². The van der Waals surface area contributed by atoms with Crippen molar-refractivity contribution in [3.63, 3.8) is 0 Å². The molecule has 1 aromatic rings. The highest BCUT2D eigenvalue weighted by molar-refractivity contribution is 7.89. The van der Waals surface area contributed by atoms with Crippen LogP contribution in [-0.2, 0) is 23.1 Å². The molecule has 1 fully saturated rings. The van der Waals surface area contributed by atoms with Gasteiger partial charge in [-0.25, -0.2) is 8.42 Å². The molecule has 1 aromatic heterocycles. The van der Waals surface area contributed by atoms with E-state index in [1.807, 2.05) is 31.4 Å². The van der Waals surface area contributed by atoms with Gasteiger partial charge >= 0.3 is 0 Å². The number of nitrogens with one attached hydrogen (secondary N) is 1. The highest BCUT2D eigenvalue weighted by atomic mass is 32.2. The molecular formula is C14H25N3O2S. The average Bonchev–Trinajstić information content (AvgIpc) is 3.02. The fourth-order valence-electron chi connectivity index (χ4n) is 2.76. The van der Waals surface area contributed by atoms with Gasteiger partial charge in [-0.2, -0.15) is 4.31 Å². The largest absolute Gasteiger partial charge is 0.349 e. The second-order valence-electron chi connectivity index (χ2n) is 5.34. The van der Waals surface area contributed by atoms with E-state index >= 15 is 0 Å². The minimum absolute atomic E-state index is 0.113. The van der Waals surface area contributed by atoms with Gasteiger partial charge in [0.1, 0.15) is 4.90 Å². The smallest absolute Gasteiger partial charge is 0.244 e. The number of aromatic nitrogens is 1. The highest BCUT2D eigenvalue weighted by Crippen LogP contribution is 2.26. The fourth-order valence-corrected chi connectivity index (χ4v) is 4.53. The third-order valence-electron chi connectivity index (χ3n) is 3.96. The number of nitrogens with zero attached hydrogens (tertiary/aromatic N) is 2. The first kappa shape index (κ1) is 15.5. The molecular weight excluding hydrogens is 274 g/mol. The maximum atomic E-state index is 12.7. The van der Waals surface area contributed by atoms with E-state index in [4.69, 9.17) is 0 Å². The van der Waals surface area contributed by atoms with Crippen LogP contribution in [0.25, 0.3) is 0 Å². The predicted octanol–water partition coefficient (Wildman–Crippen LogP) is 1.79. The Morgan fingerprint density at radius 3 is 2.70 bits per heavy atom. The molecule has 1 N–H and O–H groups in total. The van der Waals surface area contributed by atoms with Gasteiger partial charge in [-0.1, -0.05) is 6.92 Å². The lowest BCUT2D eigenvalue weighted by molar-refractivity contribution is 0.408. The molecule has 0 saturated carbocycles. The second-order valence-corrected chi connectivity index (χ2v) is 7.23. The van der Waals surface area contributed by atoms with Crippen LogP contribution in [0, 0.1) is 0 Å². The minimum Gasteiger partial charge on any atom is -0.349 e. The summed E-state index contributed by atoms with van der Waals surface area (Å²) in [7, 11) is -3.34. The van der Waals surface area contributed by atoms with Gasteiger partial charge in [-0.15, -0.1) is 0 Å². The Hall–Kier alpha value is -0.850. The van der Waals surface area contributed by atoms with E-state index in [0.29, 0.717) is 18.0 Å². The van der Waals surface area contributed by atoms with E-state index in [0.717, 1.165) is 31.6 Å². The molecule has 1 aliphatic heterocycles. The summed E-state index contributed by atoms with van der Waals surface area (Å²) in [4.78, 5) is 0.431. The van der Waals surface area contributed by atoms with Crippen molar-refractivity contribution >= 4 is 10.0 Å². The number of hydrogen-bond acceptors (Lipinski definition) is 3. The lowest BCUT2D eigenvalue weighted by atomic mass is 10.3. The van der Waals surface area contributed by atoms with Gasteiger partial charge < -0.3 is 9.88 Å². The SMILES string of the molecule is CCNCc1cc(S(=O)(=O)N2CCCC2C)cn1CC. The fraction of sp³-hybridized carbons (Fsp3) is 0.714. The summed E-state index contributed by atoms with van der Waals surface area (Å²) in [6.07, 6.45) is 3.68. The molecule has 114 valence electrons. The number of hydrogen-bond donors (Lipinski definition) is 1. The molecule has 0 aromatic carbocycles. The zero-order valence-electron chi connectivity index (χ0n) is 12.6. The maximum Gasteiger partial charge on any atom is 0.244 e. The molecule has 2 rings (SSSR count). The standard InChI is InChI=1S/C14H25N3O2S/c1-4-15-10-13-9-14(11-16(13)5-2)20(18,19)17-8-6-7-12(17)3/h9,11-12,15H,4-8,10H2,1-3H3. The van der Waals surface area contributed by atoms with Crippen LogP contribution in [0.4, 0.5) is 0 Å². The van der Waals surface area contributed by atoms with E-state index in [-0.39, 0.29) is 6.04 Å². The Bertz CT molecular complexity index is 551. The van der Waals surface area contributed by atoms with Crippen molar-refractivity contribution in [1.29, 1.82) is 0 Å². The summed E-state index contributed by atoms with van der Waals surface area (Å²) >= 11 is 0. The molecule has 1 unspecified atom stereocenters. The van der Waals surface area contributed by atoms with Gasteiger partial charge in [-0.05, 0) is 39.3 Å². The Morgan fingerprint density at radius 1 is 1.40 bits per heavy atom. The first-order valence-electron chi connectivity index (χ1n) is 7.42. The van der Waals surface area contributed by atoms with Crippen LogP contribution >= 0.6 is 0 Å². The molecule has 20 heavy (non-hydrogen) atoms. The van der Waals surface area contributed by atoms with Crippen molar-refractivity contribution in [3.05, 3.63) is 18.0 Å². The van der Waals surface area contributed by atoms with E-state index < -0.39 is 10.0 Å². The van der Waals surface area contributed by atoms with Gasteiger partial charge in [0.25, 0.3) is 0 Å². The summed E-state index contributed by atoms with van der Waals surface area (Å²) in [6.45, 7) is 9.07. The summed E-state index contributed by atoms with van der Waals surface area (Å²) in [5, 5.41) is 3.25. The van der Waals surface area contributed by atoms with Crippen LogP contribution in [0.2, 0.25) is 0 Å². The Kier molecular flexibility index (Phi) is 4.88. The molecule has 0 radical (unpaired) electrons. The monoisotopic (exact) mass is 299 g/mol. The van der Waals surface area contributed by atoms with E-state index in [9.17, 15) is 8.42 Å². The zero-order chi connectivity index (χ0) is 14.8. The summed E-state index contributed by atoms with van der Waals surface area (Å²) in [5.41, 5.74) is 1.03. The Morgan fingerprint density at radius 2 is 2.15 bits per heavy atom. The predicted molar refractivity (Wildman–Crippen MR) is 80.1 cm³/mol. The van der Waals surface area contributed by atoms with E-state index in [1.165, 1.54) is 0 Å². The van der Waals surface area contributed by atoms with Crippen molar-refractivity contribution in [2.24, 2.45) is 0 Å². The molecule has 5 nitrogen and oxygen atoms in total. The number of sulfonamides is 1. The first-order chi connectivity index (χ1) is 9.50. The lowest BCUT2D eigenvalue weighted by Gasteiger charge is -2.19. The Labute approximate surface area is 122 Å². The quantitative estimate of drug-likeness (QED) is 0.871. The molecule has 1 aliphatic rings. The molecule has 0 spiro atoms. The summed E-state index contributed by atoms with van der Waals surface area (Å²) < 4.78 is 29.0. The average molecular weight is 299 g/mol. The normalized spacial score (nSPS) is 20.6. The third-order valence-corrected chi connectivity index (χ3v) is 5.94. The molecule has 2 heterocycles. The molecule has 0 aliphatic carbocycles. The first-order valence-corrected chi connectivity index (χ1v) is 8.86. The third kappa shape index (κ3) is 2.92. The highest BCUT2D eigenvalue weighted by Gasteiger charge is 2.33. The van der Waals surface area contributed by atoms with Crippen molar-refractivity contribution in [1.82, 2.24) is 14.2 Å². The van der Waals surface area contributed by atoms with Crippen molar-refractivity contribution in [3.8, 4) is 0 Å². The number of rotatable bonds is 6. The minimum atomic E-state index is -3.34.